The number of hydrogen-bond acceptors (Lipinski definition) is 4. The number of amides is 1. The van der Waals surface area contributed by atoms with Gasteiger partial charge < -0.3 is 9.64 Å². The lowest BCUT2D eigenvalue weighted by molar-refractivity contribution is -0.117. The smallest absolute Gasteiger partial charge is 0.233 e. The fraction of sp³-hybridized carbons (Fsp3) is 0.200. The Morgan fingerprint density at radius 2 is 2.04 bits per heavy atom. The number of fused-ring (bicyclic) bond motifs is 1. The van der Waals surface area contributed by atoms with Crippen molar-refractivity contribution in [3.05, 3.63) is 74.7 Å². The Kier molecular flexibility index (Phi) is 5.28. The molecule has 0 unspecified atom stereocenters. The van der Waals surface area contributed by atoms with Crippen LogP contribution in [0.2, 0.25) is 5.02 Å². The molecule has 144 valence electrons. The number of anilines is 1. The third kappa shape index (κ3) is 4.00. The van der Waals surface area contributed by atoms with Gasteiger partial charge in [0.2, 0.25) is 5.91 Å². The molecule has 0 saturated heterocycles. The van der Waals surface area contributed by atoms with Crippen LogP contribution >= 0.6 is 22.9 Å². The quantitative estimate of drug-likeness (QED) is 0.596. The summed E-state index contributed by atoms with van der Waals surface area (Å²) in [5.74, 6) is -0.860. The van der Waals surface area contributed by atoms with Crippen molar-refractivity contribution in [3.8, 4) is 5.75 Å². The highest BCUT2D eigenvalue weighted by Gasteiger charge is 2.28. The lowest BCUT2D eigenvalue weighted by Gasteiger charge is -2.16. The Morgan fingerprint density at radius 3 is 2.82 bits per heavy atom. The minimum Gasteiger partial charge on any atom is -0.486 e. The lowest BCUT2D eigenvalue weighted by Crippen LogP contribution is -2.30. The van der Waals surface area contributed by atoms with E-state index in [1.165, 1.54) is 22.3 Å². The van der Waals surface area contributed by atoms with Gasteiger partial charge >= 0.3 is 0 Å². The fourth-order valence-electron chi connectivity index (χ4n) is 3.10. The van der Waals surface area contributed by atoms with Crippen LogP contribution in [0.4, 0.5) is 14.5 Å². The molecule has 0 fully saturated rings. The highest BCUT2D eigenvalue weighted by Crippen LogP contribution is 2.31. The number of ether oxygens (including phenoxy) is 1. The van der Waals surface area contributed by atoms with Gasteiger partial charge in [0.1, 0.15) is 29.0 Å². The second-order valence-electron chi connectivity index (χ2n) is 6.33. The molecule has 0 saturated carbocycles. The normalized spacial score (nSPS) is 12.9. The van der Waals surface area contributed by atoms with Gasteiger partial charge in [-0.2, -0.15) is 0 Å². The molecule has 0 atom stereocenters. The predicted molar refractivity (Wildman–Crippen MR) is 104 cm³/mol. The molecule has 1 amide bonds. The van der Waals surface area contributed by atoms with Crippen molar-refractivity contribution in [1.82, 2.24) is 4.98 Å². The minimum atomic E-state index is -0.689. The average molecular weight is 421 g/mol. The van der Waals surface area contributed by atoms with E-state index < -0.39 is 11.6 Å². The summed E-state index contributed by atoms with van der Waals surface area (Å²) in [5, 5.41) is 3.16. The number of carbonyl (C=O) groups is 1. The first-order chi connectivity index (χ1) is 13.5. The molecule has 1 aliphatic heterocycles. The third-order valence-electron chi connectivity index (χ3n) is 4.42. The largest absolute Gasteiger partial charge is 0.486 e. The van der Waals surface area contributed by atoms with Gasteiger partial charge in [0.15, 0.2) is 0 Å². The first-order valence-corrected chi connectivity index (χ1v) is 9.85. The Hall–Kier alpha value is -2.51. The van der Waals surface area contributed by atoms with Gasteiger partial charge in [0, 0.05) is 28.6 Å². The standard InChI is InChI=1S/C20H15ClF2N2O2S/c21-12-1-3-15(4-2-12)27-10-19-24-14(11-28-19)9-20(26)25-6-5-16-17(23)7-13(22)8-18(16)25/h1-4,7-8,11H,5-6,9-10H2. The summed E-state index contributed by atoms with van der Waals surface area (Å²) >= 11 is 7.23. The van der Waals surface area contributed by atoms with E-state index in [9.17, 15) is 13.6 Å². The summed E-state index contributed by atoms with van der Waals surface area (Å²) in [6.07, 6.45) is 0.444. The fourth-order valence-corrected chi connectivity index (χ4v) is 3.94. The van der Waals surface area contributed by atoms with Crippen LogP contribution in [0, 0.1) is 11.6 Å². The summed E-state index contributed by atoms with van der Waals surface area (Å²) in [6.45, 7) is 0.620. The van der Waals surface area contributed by atoms with Crippen molar-refractivity contribution in [2.75, 3.05) is 11.4 Å². The Morgan fingerprint density at radius 1 is 1.25 bits per heavy atom. The maximum Gasteiger partial charge on any atom is 0.233 e. The molecular formula is C20H15ClF2N2O2S. The number of nitrogens with zero attached hydrogens (tertiary/aromatic N) is 2. The molecule has 1 aliphatic rings. The molecule has 8 heteroatoms. The van der Waals surface area contributed by atoms with Crippen LogP contribution in [-0.2, 0) is 24.2 Å². The topological polar surface area (TPSA) is 42.4 Å². The third-order valence-corrected chi connectivity index (χ3v) is 5.54. The molecule has 0 bridgehead atoms. The van der Waals surface area contributed by atoms with Crippen LogP contribution in [0.3, 0.4) is 0 Å². The molecule has 1 aromatic heterocycles. The molecule has 3 aromatic rings. The molecule has 0 aliphatic carbocycles. The molecule has 4 nitrogen and oxygen atoms in total. The van der Waals surface area contributed by atoms with Crippen LogP contribution in [-0.4, -0.2) is 17.4 Å². The summed E-state index contributed by atoms with van der Waals surface area (Å²) < 4.78 is 33.0. The minimum absolute atomic E-state index is 0.0645. The van der Waals surface area contributed by atoms with Gasteiger partial charge in [-0.1, -0.05) is 11.6 Å². The Balaban J connectivity index is 1.39. The number of thiazole rings is 1. The van der Waals surface area contributed by atoms with E-state index in [0.29, 0.717) is 40.7 Å². The van der Waals surface area contributed by atoms with Crippen LogP contribution in [0.25, 0.3) is 0 Å². The van der Waals surface area contributed by atoms with Gasteiger partial charge in [-0.25, -0.2) is 13.8 Å². The van der Waals surface area contributed by atoms with Crippen molar-refractivity contribution < 1.29 is 18.3 Å². The Bertz CT molecular complexity index is 1020. The molecule has 4 rings (SSSR count). The molecule has 0 spiro atoms. The van der Waals surface area contributed by atoms with E-state index in [1.807, 2.05) is 0 Å². The maximum atomic E-state index is 13.9. The highest BCUT2D eigenvalue weighted by atomic mass is 35.5. The number of rotatable bonds is 5. The van der Waals surface area contributed by atoms with E-state index >= 15 is 0 Å². The van der Waals surface area contributed by atoms with Gasteiger partial charge in [0.25, 0.3) is 0 Å². The molecule has 28 heavy (non-hydrogen) atoms. The van der Waals surface area contributed by atoms with Crippen molar-refractivity contribution >= 4 is 34.5 Å². The van der Waals surface area contributed by atoms with Crippen molar-refractivity contribution in [1.29, 1.82) is 0 Å². The number of hydrogen-bond donors (Lipinski definition) is 0. The monoisotopic (exact) mass is 420 g/mol. The van der Waals surface area contributed by atoms with Crippen LogP contribution in [0.5, 0.6) is 5.75 Å². The van der Waals surface area contributed by atoms with Crippen LogP contribution in [0.1, 0.15) is 16.3 Å². The van der Waals surface area contributed by atoms with E-state index in [4.69, 9.17) is 16.3 Å². The van der Waals surface area contributed by atoms with E-state index in [1.54, 1.807) is 29.6 Å². The second kappa shape index (κ2) is 7.85. The van der Waals surface area contributed by atoms with E-state index in [0.717, 1.165) is 11.1 Å². The average Bonchev–Trinajstić information content (AvgIpc) is 3.28. The summed E-state index contributed by atoms with van der Waals surface area (Å²) in [6, 6.07) is 9.06. The number of halogens is 3. The predicted octanol–water partition coefficient (Wildman–Crippen LogP) is 4.79. The van der Waals surface area contributed by atoms with Gasteiger partial charge in [0.05, 0.1) is 17.8 Å². The SMILES string of the molecule is O=C(Cc1csc(COc2ccc(Cl)cc2)n1)N1CCc2c(F)cc(F)cc21. The van der Waals surface area contributed by atoms with E-state index in [-0.39, 0.29) is 18.9 Å². The summed E-state index contributed by atoms with van der Waals surface area (Å²) in [5.41, 5.74) is 1.30. The highest BCUT2D eigenvalue weighted by molar-refractivity contribution is 7.09. The number of benzene rings is 2. The molecule has 2 heterocycles. The second-order valence-corrected chi connectivity index (χ2v) is 7.71. The first kappa shape index (κ1) is 18.8. The zero-order chi connectivity index (χ0) is 19.7. The van der Waals surface area contributed by atoms with E-state index in [2.05, 4.69) is 4.98 Å². The maximum absolute atomic E-state index is 13.9. The van der Waals surface area contributed by atoms with Gasteiger partial charge in [-0.3, -0.25) is 4.79 Å². The van der Waals surface area contributed by atoms with Crippen LogP contribution < -0.4 is 9.64 Å². The van der Waals surface area contributed by atoms with Crippen molar-refractivity contribution in [2.45, 2.75) is 19.4 Å². The van der Waals surface area contributed by atoms with Crippen molar-refractivity contribution in [2.24, 2.45) is 0 Å². The van der Waals surface area contributed by atoms with Gasteiger partial charge in [-0.15, -0.1) is 11.3 Å². The van der Waals surface area contributed by atoms with Crippen LogP contribution in [0.15, 0.2) is 41.8 Å². The zero-order valence-corrected chi connectivity index (χ0v) is 16.2. The molecule has 0 N–H and O–H groups in total. The molecule has 2 aromatic carbocycles. The first-order valence-electron chi connectivity index (χ1n) is 8.59. The molecule has 0 radical (unpaired) electrons. The summed E-state index contributed by atoms with van der Waals surface area (Å²) in [4.78, 5) is 18.5. The zero-order valence-electron chi connectivity index (χ0n) is 14.6. The van der Waals surface area contributed by atoms with Gasteiger partial charge in [-0.05, 0) is 36.8 Å². The molecular weight excluding hydrogens is 406 g/mol. The lowest BCUT2D eigenvalue weighted by atomic mass is 10.1. The number of carbonyl (C=O) groups excluding carboxylic acids is 1. The van der Waals surface area contributed by atoms with Crippen molar-refractivity contribution in [3.63, 3.8) is 0 Å². The number of aromatic nitrogens is 1. The Labute approximate surface area is 169 Å². The summed E-state index contributed by atoms with van der Waals surface area (Å²) in [7, 11) is 0.